The molecule has 0 saturated heterocycles. The minimum Gasteiger partial charge on any atom is -0.300 e. The zero-order chi connectivity index (χ0) is 20.1. The van der Waals surface area contributed by atoms with Crippen LogP contribution in [0.25, 0.3) is 0 Å². The van der Waals surface area contributed by atoms with E-state index in [4.69, 9.17) is 0 Å². The van der Waals surface area contributed by atoms with Crippen LogP contribution in [0.3, 0.4) is 0 Å². The zero-order valence-electron chi connectivity index (χ0n) is 16.1. The van der Waals surface area contributed by atoms with Gasteiger partial charge in [0.1, 0.15) is 5.01 Å². The van der Waals surface area contributed by atoms with Gasteiger partial charge in [-0.1, -0.05) is 102 Å². The Bertz CT molecular complexity index is 982. The third-order valence-electron chi connectivity index (χ3n) is 5.00. The molecule has 0 radical (unpaired) electrons. The molecule has 0 aliphatic carbocycles. The highest BCUT2D eigenvalue weighted by molar-refractivity contribution is 7.15. The Labute approximate surface area is 174 Å². The van der Waals surface area contributed by atoms with Crippen molar-refractivity contribution in [2.24, 2.45) is 0 Å². The number of hydrogen-bond donors (Lipinski definition) is 1. The van der Waals surface area contributed by atoms with Crippen LogP contribution in [-0.4, -0.2) is 16.1 Å². The van der Waals surface area contributed by atoms with Gasteiger partial charge >= 0.3 is 0 Å². The number of carbonyl (C=O) groups is 1. The molecule has 1 amide bonds. The molecule has 1 N–H and O–H groups in total. The summed E-state index contributed by atoms with van der Waals surface area (Å²) in [7, 11) is 0. The van der Waals surface area contributed by atoms with Crippen molar-refractivity contribution < 1.29 is 4.79 Å². The largest absolute Gasteiger partial charge is 0.300 e. The average molecular weight is 400 g/mol. The van der Waals surface area contributed by atoms with Gasteiger partial charge in [-0.3, -0.25) is 4.79 Å². The van der Waals surface area contributed by atoms with Gasteiger partial charge in [0.2, 0.25) is 11.0 Å². The Balaban J connectivity index is 1.84. The van der Waals surface area contributed by atoms with Gasteiger partial charge in [-0.15, -0.1) is 10.2 Å². The predicted octanol–water partition coefficient (Wildman–Crippen LogP) is 5.21. The molecule has 0 aliphatic heterocycles. The summed E-state index contributed by atoms with van der Waals surface area (Å²) in [5, 5.41) is 12.3. The molecule has 0 unspecified atom stereocenters. The Morgan fingerprint density at radius 3 is 1.62 bits per heavy atom. The summed E-state index contributed by atoms with van der Waals surface area (Å²) in [6.07, 6.45) is 0.254. The molecular formula is C24H21N3OS. The molecule has 29 heavy (non-hydrogen) atoms. The monoisotopic (exact) mass is 399 g/mol. The molecule has 4 rings (SSSR count). The molecule has 3 aromatic carbocycles. The zero-order valence-corrected chi connectivity index (χ0v) is 16.9. The minimum atomic E-state index is -0.617. The first kappa shape index (κ1) is 19.0. The van der Waals surface area contributed by atoms with Crippen LogP contribution in [-0.2, 0) is 10.2 Å². The van der Waals surface area contributed by atoms with Crippen molar-refractivity contribution in [3.8, 4) is 0 Å². The van der Waals surface area contributed by atoms with Crippen LogP contribution in [0.2, 0.25) is 0 Å². The normalized spacial score (nSPS) is 11.2. The average Bonchev–Trinajstić information content (AvgIpc) is 3.18. The van der Waals surface area contributed by atoms with Gasteiger partial charge in [0.05, 0.1) is 5.41 Å². The van der Waals surface area contributed by atoms with E-state index in [0.29, 0.717) is 5.13 Å². The summed E-state index contributed by atoms with van der Waals surface area (Å²) in [5.74, 6) is -0.0993. The van der Waals surface area contributed by atoms with Crippen molar-refractivity contribution >= 4 is 22.4 Å². The number of aromatic nitrogens is 2. The molecule has 4 nitrogen and oxygen atoms in total. The summed E-state index contributed by atoms with van der Waals surface area (Å²) in [6.45, 7) is 1.87. The van der Waals surface area contributed by atoms with Crippen LogP contribution in [0.4, 0.5) is 5.13 Å². The second-order valence-corrected chi connectivity index (χ2v) is 8.04. The Morgan fingerprint density at radius 2 is 1.24 bits per heavy atom. The third kappa shape index (κ3) is 3.96. The maximum atomic E-state index is 13.2. The highest BCUT2D eigenvalue weighted by atomic mass is 32.1. The Hall–Kier alpha value is -3.31. The fraction of sp³-hybridized carbons (Fsp3) is 0.125. The lowest BCUT2D eigenvalue weighted by Gasteiger charge is -2.35. The van der Waals surface area contributed by atoms with E-state index in [0.717, 1.165) is 21.7 Å². The smallest absolute Gasteiger partial charge is 0.227 e. The summed E-state index contributed by atoms with van der Waals surface area (Å²) in [4.78, 5) is 13.2. The first-order valence-corrected chi connectivity index (χ1v) is 10.3. The topological polar surface area (TPSA) is 54.9 Å². The lowest BCUT2D eigenvalue weighted by atomic mass is 9.67. The quantitative estimate of drug-likeness (QED) is 0.453. The van der Waals surface area contributed by atoms with Gasteiger partial charge in [-0.2, -0.15) is 0 Å². The first-order chi connectivity index (χ1) is 14.2. The van der Waals surface area contributed by atoms with Crippen molar-refractivity contribution in [2.75, 3.05) is 5.32 Å². The molecule has 1 heterocycles. The number of anilines is 1. The maximum absolute atomic E-state index is 13.2. The van der Waals surface area contributed by atoms with E-state index in [-0.39, 0.29) is 12.3 Å². The van der Waals surface area contributed by atoms with E-state index in [1.54, 1.807) is 0 Å². The fourth-order valence-electron chi connectivity index (χ4n) is 3.73. The van der Waals surface area contributed by atoms with Crippen LogP contribution in [0.15, 0.2) is 91.0 Å². The van der Waals surface area contributed by atoms with Gasteiger partial charge in [-0.05, 0) is 23.6 Å². The molecule has 0 atom stereocenters. The molecule has 0 spiro atoms. The number of amides is 1. The molecule has 0 bridgehead atoms. The molecule has 144 valence electrons. The predicted molar refractivity (Wildman–Crippen MR) is 117 cm³/mol. The van der Waals surface area contributed by atoms with Gasteiger partial charge < -0.3 is 5.32 Å². The summed E-state index contributed by atoms with van der Waals surface area (Å²) < 4.78 is 0. The molecule has 0 aliphatic rings. The number of nitrogens with zero attached hydrogens (tertiary/aromatic N) is 2. The van der Waals surface area contributed by atoms with Crippen molar-refractivity contribution in [2.45, 2.75) is 18.8 Å². The van der Waals surface area contributed by atoms with Gasteiger partial charge in [0, 0.05) is 6.42 Å². The first-order valence-electron chi connectivity index (χ1n) is 9.45. The molecule has 5 heteroatoms. The number of carbonyl (C=O) groups excluding carboxylic acids is 1. The van der Waals surface area contributed by atoms with E-state index < -0.39 is 5.41 Å². The lowest BCUT2D eigenvalue weighted by Crippen LogP contribution is -2.34. The van der Waals surface area contributed by atoms with Gasteiger partial charge in [0.15, 0.2) is 0 Å². The standard InChI is InChI=1S/C24H21N3OS/c1-18-26-27-23(29-18)25-22(28)17-24(19-11-5-2-6-12-19,20-13-7-3-8-14-20)21-15-9-4-10-16-21/h2-16H,17H2,1H3,(H,25,27,28). The lowest BCUT2D eigenvalue weighted by molar-refractivity contribution is -0.116. The van der Waals surface area contributed by atoms with E-state index >= 15 is 0 Å². The second kappa shape index (κ2) is 8.37. The van der Waals surface area contributed by atoms with E-state index in [1.165, 1.54) is 11.3 Å². The van der Waals surface area contributed by atoms with Crippen LogP contribution < -0.4 is 5.32 Å². The molecule has 4 aromatic rings. The third-order valence-corrected chi connectivity index (χ3v) is 5.75. The summed E-state index contributed by atoms with van der Waals surface area (Å²) >= 11 is 1.38. The van der Waals surface area contributed by atoms with Crippen LogP contribution in [0.5, 0.6) is 0 Å². The molecule has 1 aromatic heterocycles. The fourth-order valence-corrected chi connectivity index (χ4v) is 4.33. The number of benzene rings is 3. The van der Waals surface area contributed by atoms with Crippen molar-refractivity contribution in [1.29, 1.82) is 0 Å². The maximum Gasteiger partial charge on any atom is 0.227 e. The van der Waals surface area contributed by atoms with Crippen LogP contribution in [0.1, 0.15) is 28.1 Å². The number of aryl methyl sites for hydroxylation is 1. The second-order valence-electron chi connectivity index (χ2n) is 6.85. The van der Waals surface area contributed by atoms with Crippen molar-refractivity contribution in [3.63, 3.8) is 0 Å². The Kier molecular flexibility index (Phi) is 5.49. The van der Waals surface area contributed by atoms with Crippen LogP contribution >= 0.6 is 11.3 Å². The summed E-state index contributed by atoms with van der Waals surface area (Å²) in [6, 6.07) is 30.6. The molecule has 0 saturated carbocycles. The number of rotatable bonds is 6. The number of hydrogen-bond acceptors (Lipinski definition) is 4. The highest BCUT2D eigenvalue weighted by Gasteiger charge is 2.38. The van der Waals surface area contributed by atoms with E-state index in [1.807, 2.05) is 61.5 Å². The molecular weight excluding hydrogens is 378 g/mol. The summed E-state index contributed by atoms with van der Waals surface area (Å²) in [5.41, 5.74) is 2.59. The van der Waals surface area contributed by atoms with E-state index in [2.05, 4.69) is 51.9 Å². The van der Waals surface area contributed by atoms with Gasteiger partial charge in [0.25, 0.3) is 0 Å². The Morgan fingerprint density at radius 1 is 0.793 bits per heavy atom. The molecule has 0 fully saturated rings. The number of nitrogens with one attached hydrogen (secondary N) is 1. The highest BCUT2D eigenvalue weighted by Crippen LogP contribution is 2.42. The van der Waals surface area contributed by atoms with Crippen molar-refractivity contribution in [1.82, 2.24) is 10.2 Å². The SMILES string of the molecule is Cc1nnc(NC(=O)CC(c2ccccc2)(c2ccccc2)c2ccccc2)s1. The van der Waals surface area contributed by atoms with Crippen molar-refractivity contribution in [3.05, 3.63) is 113 Å². The van der Waals surface area contributed by atoms with E-state index in [9.17, 15) is 4.79 Å². The van der Waals surface area contributed by atoms with Gasteiger partial charge in [-0.25, -0.2) is 0 Å². The minimum absolute atomic E-state index is 0.0993. The van der Waals surface area contributed by atoms with Crippen LogP contribution in [0, 0.1) is 6.92 Å².